The van der Waals surface area contributed by atoms with Crippen LogP contribution in [0.3, 0.4) is 0 Å². The van der Waals surface area contributed by atoms with Gasteiger partial charge in [-0.05, 0) is 51.4 Å². The maximum absolute atomic E-state index is 11.2. The van der Waals surface area contributed by atoms with Gasteiger partial charge in [0.2, 0.25) is 5.78 Å². The van der Waals surface area contributed by atoms with Crippen molar-refractivity contribution in [2.45, 2.75) is 72.5 Å². The molecule has 0 amide bonds. The molecule has 0 aliphatic heterocycles. The van der Waals surface area contributed by atoms with Gasteiger partial charge in [0.1, 0.15) is 6.61 Å². The highest BCUT2D eigenvalue weighted by Gasteiger charge is 2.36. The molecule has 4 nitrogen and oxygen atoms in total. The van der Waals surface area contributed by atoms with Gasteiger partial charge in [0.15, 0.2) is 0 Å². The van der Waals surface area contributed by atoms with Gasteiger partial charge in [0.25, 0.3) is 0 Å². The molecule has 0 saturated heterocycles. The maximum Gasteiger partial charge on any atom is 0.374 e. The maximum atomic E-state index is 11.2. The van der Waals surface area contributed by atoms with Crippen LogP contribution in [0.15, 0.2) is 0 Å². The Hall–Kier alpha value is -0.900. The summed E-state index contributed by atoms with van der Waals surface area (Å²) in [7, 11) is 0. The van der Waals surface area contributed by atoms with Gasteiger partial charge in [-0.25, -0.2) is 4.79 Å². The molecule has 1 rings (SSSR count). The molecule has 4 heteroatoms. The van der Waals surface area contributed by atoms with E-state index in [9.17, 15) is 9.59 Å². The Morgan fingerprint density at radius 1 is 1.35 bits per heavy atom. The molecule has 0 N–H and O–H groups in total. The summed E-state index contributed by atoms with van der Waals surface area (Å²) in [5, 5.41) is 0. The third-order valence-corrected chi connectivity index (χ3v) is 4.01. The van der Waals surface area contributed by atoms with Crippen molar-refractivity contribution >= 4 is 11.8 Å². The predicted octanol–water partition coefficient (Wildman–Crippen LogP) is 3.13. The minimum Gasteiger partial charge on any atom is -0.457 e. The van der Waals surface area contributed by atoms with Crippen LogP contribution in [0.1, 0.15) is 60.8 Å². The highest BCUT2D eigenvalue weighted by molar-refractivity contribution is 6.32. The molecule has 0 aromatic rings. The summed E-state index contributed by atoms with van der Waals surface area (Å²) >= 11 is 0. The average Bonchev–Trinajstić information content (AvgIpc) is 2.66. The summed E-state index contributed by atoms with van der Waals surface area (Å²) in [6, 6.07) is 0. The summed E-state index contributed by atoms with van der Waals surface area (Å²) in [6.45, 7) is 11.7. The summed E-state index contributed by atoms with van der Waals surface area (Å²) in [5.41, 5.74) is -0.176. The molecule has 2 atom stereocenters. The number of carbonyl (C=O) groups excluding carboxylic acids is 2. The normalized spacial score (nSPS) is 23.4. The number of esters is 1. The van der Waals surface area contributed by atoms with Gasteiger partial charge < -0.3 is 9.47 Å². The van der Waals surface area contributed by atoms with Crippen LogP contribution in [-0.4, -0.2) is 30.1 Å². The number of hydrogen-bond donors (Lipinski definition) is 0. The van der Waals surface area contributed by atoms with Crippen molar-refractivity contribution in [2.24, 2.45) is 11.3 Å². The van der Waals surface area contributed by atoms with E-state index in [2.05, 4.69) is 20.8 Å². The fourth-order valence-electron chi connectivity index (χ4n) is 2.87. The lowest BCUT2D eigenvalue weighted by molar-refractivity contribution is -0.164. The van der Waals surface area contributed by atoms with Crippen LogP contribution in [0, 0.1) is 11.3 Å². The van der Waals surface area contributed by atoms with E-state index in [1.165, 1.54) is 19.8 Å². The van der Waals surface area contributed by atoms with Crippen molar-refractivity contribution in [1.82, 2.24) is 0 Å². The van der Waals surface area contributed by atoms with Crippen LogP contribution < -0.4 is 0 Å². The van der Waals surface area contributed by atoms with Crippen LogP contribution in [0.25, 0.3) is 0 Å². The number of ether oxygens (including phenoxy) is 2. The minimum absolute atomic E-state index is 0.103. The second-order valence-electron chi connectivity index (χ2n) is 7.38. The number of Topliss-reactive ketones (excluding diaryl/α,β-unsaturated/α-hetero) is 1. The standard InChI is InChI=1S/C16H28O4/c1-11(17)14(18)19-10-16(5,6)20-12(2)13-7-8-15(3,4)9-13/h12-13H,7-10H2,1-6H3. The summed E-state index contributed by atoms with van der Waals surface area (Å²) < 4.78 is 11.0. The van der Waals surface area contributed by atoms with Gasteiger partial charge in [0, 0.05) is 6.92 Å². The predicted molar refractivity (Wildman–Crippen MR) is 77.4 cm³/mol. The first-order valence-corrected chi connectivity index (χ1v) is 7.38. The molecule has 0 radical (unpaired) electrons. The van der Waals surface area contributed by atoms with E-state index in [1.54, 1.807) is 0 Å². The van der Waals surface area contributed by atoms with Crippen molar-refractivity contribution in [3.8, 4) is 0 Å². The lowest BCUT2D eigenvalue weighted by Gasteiger charge is -2.32. The third kappa shape index (κ3) is 5.23. The van der Waals surface area contributed by atoms with Gasteiger partial charge >= 0.3 is 5.97 Å². The van der Waals surface area contributed by atoms with E-state index in [-0.39, 0.29) is 12.7 Å². The molecule has 1 aliphatic rings. The zero-order chi connectivity index (χ0) is 15.6. The smallest absolute Gasteiger partial charge is 0.374 e. The molecule has 0 spiro atoms. The summed E-state index contributed by atoms with van der Waals surface area (Å²) in [5.74, 6) is -0.824. The van der Waals surface area contributed by atoms with E-state index in [4.69, 9.17) is 9.47 Å². The average molecular weight is 284 g/mol. The van der Waals surface area contributed by atoms with E-state index in [0.29, 0.717) is 11.3 Å². The van der Waals surface area contributed by atoms with Crippen molar-refractivity contribution in [3.63, 3.8) is 0 Å². The fraction of sp³-hybridized carbons (Fsp3) is 0.875. The molecule has 20 heavy (non-hydrogen) atoms. The third-order valence-electron chi connectivity index (χ3n) is 4.01. The van der Waals surface area contributed by atoms with Gasteiger partial charge in [0.05, 0.1) is 11.7 Å². The molecule has 0 aromatic heterocycles. The Balaban J connectivity index is 2.45. The first-order chi connectivity index (χ1) is 9.02. The lowest BCUT2D eigenvalue weighted by atomic mass is 9.89. The van der Waals surface area contributed by atoms with Gasteiger partial charge in [-0.2, -0.15) is 0 Å². The van der Waals surface area contributed by atoms with E-state index in [0.717, 1.165) is 6.42 Å². The number of hydrogen-bond acceptors (Lipinski definition) is 4. The van der Waals surface area contributed by atoms with Crippen molar-refractivity contribution in [1.29, 1.82) is 0 Å². The van der Waals surface area contributed by atoms with E-state index < -0.39 is 17.4 Å². The van der Waals surface area contributed by atoms with Crippen LogP contribution in [0.2, 0.25) is 0 Å². The molecule has 116 valence electrons. The van der Waals surface area contributed by atoms with Crippen LogP contribution in [0.5, 0.6) is 0 Å². The zero-order valence-corrected chi connectivity index (χ0v) is 13.6. The minimum atomic E-state index is -0.795. The second-order valence-corrected chi connectivity index (χ2v) is 7.38. The first-order valence-electron chi connectivity index (χ1n) is 7.38. The molecule has 0 heterocycles. The van der Waals surface area contributed by atoms with Gasteiger partial charge in [-0.1, -0.05) is 13.8 Å². The SMILES string of the molecule is CC(=O)C(=O)OCC(C)(C)OC(C)C1CCC(C)(C)C1. The second kappa shape index (κ2) is 6.25. The van der Waals surface area contributed by atoms with Crippen molar-refractivity contribution in [2.75, 3.05) is 6.61 Å². The van der Waals surface area contributed by atoms with Crippen molar-refractivity contribution < 1.29 is 19.1 Å². The summed E-state index contributed by atoms with van der Waals surface area (Å²) in [6.07, 6.45) is 3.70. The highest BCUT2D eigenvalue weighted by atomic mass is 16.6. The van der Waals surface area contributed by atoms with Crippen LogP contribution >= 0.6 is 0 Å². The molecule has 0 bridgehead atoms. The zero-order valence-electron chi connectivity index (χ0n) is 13.6. The van der Waals surface area contributed by atoms with Crippen LogP contribution in [-0.2, 0) is 19.1 Å². The molecular formula is C16H28O4. The van der Waals surface area contributed by atoms with Crippen molar-refractivity contribution in [3.05, 3.63) is 0 Å². The Kier molecular flexibility index (Phi) is 5.36. The molecule has 1 saturated carbocycles. The highest BCUT2D eigenvalue weighted by Crippen LogP contribution is 2.43. The Morgan fingerprint density at radius 2 is 1.95 bits per heavy atom. The quantitative estimate of drug-likeness (QED) is 0.555. The molecular weight excluding hydrogens is 256 g/mol. The number of carbonyl (C=O) groups is 2. The monoisotopic (exact) mass is 284 g/mol. The molecule has 1 aliphatic carbocycles. The first kappa shape index (κ1) is 17.2. The van der Waals surface area contributed by atoms with Crippen LogP contribution in [0.4, 0.5) is 0 Å². The largest absolute Gasteiger partial charge is 0.457 e. The molecule has 2 unspecified atom stereocenters. The van der Waals surface area contributed by atoms with Gasteiger partial charge in [-0.15, -0.1) is 0 Å². The molecule has 0 aromatic carbocycles. The lowest BCUT2D eigenvalue weighted by Crippen LogP contribution is -2.38. The number of rotatable bonds is 6. The summed E-state index contributed by atoms with van der Waals surface area (Å²) in [4.78, 5) is 22.0. The van der Waals surface area contributed by atoms with E-state index in [1.807, 2.05) is 13.8 Å². The van der Waals surface area contributed by atoms with E-state index >= 15 is 0 Å². The Morgan fingerprint density at radius 3 is 2.40 bits per heavy atom. The number of ketones is 1. The molecule has 1 fully saturated rings. The Labute approximate surface area is 122 Å². The topological polar surface area (TPSA) is 52.6 Å². The van der Waals surface area contributed by atoms with Gasteiger partial charge in [-0.3, -0.25) is 4.79 Å². The fourth-order valence-corrected chi connectivity index (χ4v) is 2.87. The Bertz CT molecular complexity index is 371.